The van der Waals surface area contributed by atoms with Gasteiger partial charge in [-0.3, -0.25) is 5.41 Å². The van der Waals surface area contributed by atoms with Crippen molar-refractivity contribution >= 4 is 23.1 Å². The minimum Gasteiger partial charge on any atom is -0.386 e. The lowest BCUT2D eigenvalue weighted by atomic mass is 10.0. The van der Waals surface area contributed by atoms with Crippen molar-refractivity contribution < 1.29 is 9.53 Å². The molecule has 0 bridgehead atoms. The lowest BCUT2D eigenvalue weighted by Crippen LogP contribution is -2.45. The zero-order valence-electron chi connectivity index (χ0n) is 7.45. The Labute approximate surface area is 81.1 Å². The molecule has 0 spiro atoms. The number of hydrogen-bond donors (Lipinski definition) is 2. The fourth-order valence-electron chi connectivity index (χ4n) is 1.25. The van der Waals surface area contributed by atoms with Crippen LogP contribution in [0.15, 0.2) is 0 Å². The highest BCUT2D eigenvalue weighted by molar-refractivity contribution is 8.13. The predicted molar refractivity (Wildman–Crippen MR) is 51.8 cm³/mol. The van der Waals surface area contributed by atoms with Gasteiger partial charge in [0.1, 0.15) is 0 Å². The molecule has 1 fully saturated rings. The Hall–Kier alpha value is -0.750. The minimum atomic E-state index is -0.914. The first kappa shape index (κ1) is 10.3. The van der Waals surface area contributed by atoms with Crippen molar-refractivity contribution in [3.05, 3.63) is 0 Å². The van der Waals surface area contributed by atoms with Crippen molar-refractivity contribution in [2.75, 3.05) is 25.9 Å². The van der Waals surface area contributed by atoms with Crippen LogP contribution >= 0.6 is 11.8 Å². The molecule has 0 radical (unpaired) electrons. The Morgan fingerprint density at radius 2 is 2.38 bits per heavy atom. The van der Waals surface area contributed by atoms with Gasteiger partial charge in [-0.1, -0.05) is 11.8 Å². The van der Waals surface area contributed by atoms with Gasteiger partial charge in [-0.25, -0.2) is 4.79 Å². The van der Waals surface area contributed by atoms with Crippen molar-refractivity contribution in [3.63, 3.8) is 0 Å². The Morgan fingerprint density at radius 3 is 2.85 bits per heavy atom. The highest BCUT2D eigenvalue weighted by atomic mass is 32.2. The van der Waals surface area contributed by atoms with Gasteiger partial charge in [0.15, 0.2) is 0 Å². The zero-order chi connectivity index (χ0) is 9.84. The number of ether oxygens (including phenoxy) is 1. The van der Waals surface area contributed by atoms with Gasteiger partial charge in [-0.15, -0.1) is 0 Å². The van der Waals surface area contributed by atoms with Crippen LogP contribution in [0.25, 0.3) is 0 Å². The first-order valence-electron chi connectivity index (χ1n) is 3.95. The molecule has 1 amide bonds. The van der Waals surface area contributed by atoms with Crippen molar-refractivity contribution in [1.82, 2.24) is 4.90 Å². The molecule has 0 aromatic carbocycles. The smallest absolute Gasteiger partial charge is 0.386 e. The molecule has 0 saturated carbocycles. The molecule has 0 aromatic heterocycles. The topological polar surface area (TPSA) is 79.4 Å². The average Bonchev–Trinajstić information content (AvgIpc) is 1.94. The van der Waals surface area contributed by atoms with Gasteiger partial charge >= 0.3 is 6.09 Å². The highest BCUT2D eigenvalue weighted by Gasteiger charge is 2.23. The number of nitrogens with zero attached hydrogens (tertiary/aromatic N) is 1. The minimum absolute atomic E-state index is 0.109. The maximum Gasteiger partial charge on any atom is 0.411 e. The third kappa shape index (κ3) is 3.65. The Balaban J connectivity index is 2.05. The molecule has 0 atom stereocenters. The number of nitrogens with one attached hydrogen (secondary N) is 1. The molecular weight excluding hydrogens is 190 g/mol. The summed E-state index contributed by atoms with van der Waals surface area (Å²) in [7, 11) is 2.05. The third-order valence-corrected chi connectivity index (χ3v) is 2.77. The second-order valence-corrected chi connectivity index (χ2v) is 4.10. The molecule has 1 rings (SSSR count). The first-order valence-corrected chi connectivity index (χ1v) is 4.93. The van der Waals surface area contributed by atoms with Crippen LogP contribution in [-0.4, -0.2) is 42.1 Å². The van der Waals surface area contributed by atoms with E-state index in [9.17, 15) is 4.79 Å². The molecule has 1 heterocycles. The SMILES string of the molecule is CN1CC(CSC(=N)OC(N)=O)C1. The predicted octanol–water partition coefficient (Wildman–Crippen LogP) is 0.311. The molecule has 0 aliphatic carbocycles. The highest BCUT2D eigenvalue weighted by Crippen LogP contribution is 2.19. The number of likely N-dealkylation sites (tertiary alicyclic amines) is 1. The number of carbonyl (C=O) groups is 1. The van der Waals surface area contributed by atoms with E-state index in [0.29, 0.717) is 5.92 Å². The fourth-order valence-corrected chi connectivity index (χ4v) is 1.99. The third-order valence-electron chi connectivity index (χ3n) is 1.78. The molecule has 13 heavy (non-hydrogen) atoms. The van der Waals surface area contributed by atoms with Crippen LogP contribution in [0.3, 0.4) is 0 Å². The maximum absolute atomic E-state index is 10.2. The number of rotatable bonds is 2. The van der Waals surface area contributed by atoms with E-state index >= 15 is 0 Å². The van der Waals surface area contributed by atoms with Crippen molar-refractivity contribution in [3.8, 4) is 0 Å². The van der Waals surface area contributed by atoms with E-state index in [4.69, 9.17) is 11.1 Å². The van der Waals surface area contributed by atoms with Gasteiger partial charge < -0.3 is 15.4 Å². The molecule has 0 aromatic rings. The summed E-state index contributed by atoms with van der Waals surface area (Å²) < 4.78 is 4.37. The van der Waals surface area contributed by atoms with Crippen molar-refractivity contribution in [2.45, 2.75) is 0 Å². The summed E-state index contributed by atoms with van der Waals surface area (Å²) >= 11 is 1.22. The monoisotopic (exact) mass is 203 g/mol. The zero-order valence-corrected chi connectivity index (χ0v) is 8.26. The molecule has 1 aliphatic heterocycles. The summed E-state index contributed by atoms with van der Waals surface area (Å²) in [4.78, 5) is 12.4. The molecule has 74 valence electrons. The maximum atomic E-state index is 10.2. The van der Waals surface area contributed by atoms with Crippen LogP contribution in [0, 0.1) is 11.3 Å². The van der Waals surface area contributed by atoms with Crippen molar-refractivity contribution in [1.29, 1.82) is 5.41 Å². The largest absolute Gasteiger partial charge is 0.411 e. The molecule has 0 unspecified atom stereocenters. The van der Waals surface area contributed by atoms with E-state index in [2.05, 4.69) is 9.64 Å². The lowest BCUT2D eigenvalue weighted by Gasteiger charge is -2.35. The normalized spacial score (nSPS) is 17.9. The van der Waals surface area contributed by atoms with Gasteiger partial charge in [0, 0.05) is 18.8 Å². The van der Waals surface area contributed by atoms with E-state index in [1.165, 1.54) is 11.8 Å². The van der Waals surface area contributed by atoms with E-state index in [1.54, 1.807) is 0 Å². The Kier molecular flexibility index (Phi) is 3.56. The standard InChI is InChI=1S/C7H13N3O2S/c1-10-2-5(3-10)4-13-7(9)12-6(8)11/h5,9H,2-4H2,1H3,(H2,8,11). The second kappa shape index (κ2) is 4.48. The molecule has 3 N–H and O–H groups in total. The molecule has 1 aliphatic rings. The van der Waals surface area contributed by atoms with Gasteiger partial charge in [0.2, 0.25) is 0 Å². The molecule has 5 nitrogen and oxygen atoms in total. The summed E-state index contributed by atoms with van der Waals surface area (Å²) in [6.45, 7) is 2.10. The summed E-state index contributed by atoms with van der Waals surface area (Å²) in [5.74, 6) is 1.42. The number of thioether (sulfide) groups is 1. The molecular formula is C7H13N3O2S. The lowest BCUT2D eigenvalue weighted by molar-refractivity contribution is 0.153. The second-order valence-electron chi connectivity index (χ2n) is 3.11. The first-order chi connectivity index (χ1) is 6.08. The fraction of sp³-hybridized carbons (Fsp3) is 0.714. The van der Waals surface area contributed by atoms with Gasteiger partial charge in [-0.2, -0.15) is 0 Å². The number of amides is 1. The van der Waals surface area contributed by atoms with E-state index in [-0.39, 0.29) is 5.23 Å². The van der Waals surface area contributed by atoms with Crippen LogP contribution in [0.1, 0.15) is 0 Å². The van der Waals surface area contributed by atoms with E-state index < -0.39 is 6.09 Å². The Bertz CT molecular complexity index is 216. The van der Waals surface area contributed by atoms with Crippen LogP contribution in [0.4, 0.5) is 4.79 Å². The number of hydrogen-bond acceptors (Lipinski definition) is 5. The van der Waals surface area contributed by atoms with E-state index in [1.807, 2.05) is 7.05 Å². The Morgan fingerprint density at radius 1 is 1.77 bits per heavy atom. The number of nitrogens with two attached hydrogens (primary N) is 1. The van der Waals surface area contributed by atoms with Crippen LogP contribution in [0.5, 0.6) is 0 Å². The van der Waals surface area contributed by atoms with Crippen LogP contribution in [0.2, 0.25) is 0 Å². The van der Waals surface area contributed by atoms with Crippen molar-refractivity contribution in [2.24, 2.45) is 11.7 Å². The molecule has 1 saturated heterocycles. The summed E-state index contributed by atoms with van der Waals surface area (Å²) in [5.41, 5.74) is 4.74. The van der Waals surface area contributed by atoms with E-state index in [0.717, 1.165) is 18.8 Å². The number of carbonyl (C=O) groups excluding carboxylic acids is 1. The van der Waals surface area contributed by atoms with Crippen LogP contribution in [-0.2, 0) is 4.74 Å². The summed E-state index contributed by atoms with van der Waals surface area (Å²) in [6.07, 6.45) is -0.914. The summed E-state index contributed by atoms with van der Waals surface area (Å²) in [5, 5.41) is 7.08. The van der Waals surface area contributed by atoms with Crippen LogP contribution < -0.4 is 5.73 Å². The quantitative estimate of drug-likeness (QED) is 0.500. The van der Waals surface area contributed by atoms with Gasteiger partial charge in [0.05, 0.1) is 0 Å². The van der Waals surface area contributed by atoms with Gasteiger partial charge in [0.25, 0.3) is 5.23 Å². The summed E-state index contributed by atoms with van der Waals surface area (Å²) in [6, 6.07) is 0. The van der Waals surface area contributed by atoms with Gasteiger partial charge in [-0.05, 0) is 13.0 Å². The number of primary amides is 1. The average molecular weight is 203 g/mol. The molecule has 6 heteroatoms.